The molecule has 0 spiro atoms. The van der Waals surface area contributed by atoms with Gasteiger partial charge in [0.25, 0.3) is 0 Å². The summed E-state index contributed by atoms with van der Waals surface area (Å²) in [5.74, 6) is 0.662. The lowest BCUT2D eigenvalue weighted by molar-refractivity contribution is 0.660. The summed E-state index contributed by atoms with van der Waals surface area (Å²) in [6.07, 6.45) is 3.89. The lowest BCUT2D eigenvalue weighted by Crippen LogP contribution is -2.28. The molecule has 0 aliphatic heterocycles. The maximum atomic E-state index is 9.89. The molecule has 13 rings (SSSR count). The molecule has 11 aromatic rings. The molecule has 2 aliphatic rings. The number of fused-ring (bicyclic) bond motifs is 6. The highest BCUT2D eigenvalue weighted by Gasteiger charge is 2.46. The number of nitriles is 1. The van der Waals surface area contributed by atoms with E-state index in [-0.39, 0.29) is 5.41 Å². The number of benzene rings is 9. The molecule has 4 nitrogen and oxygen atoms in total. The smallest absolute Gasteiger partial charge is 0.160 e. The number of rotatable bonds is 8. The Hall–Kier alpha value is -9.30. The maximum Gasteiger partial charge on any atom is 0.160 e. The van der Waals surface area contributed by atoms with Crippen LogP contribution in [0.3, 0.4) is 0 Å². The molecule has 0 bridgehead atoms. The zero-order chi connectivity index (χ0) is 48.4. The predicted octanol–water partition coefficient (Wildman–Crippen LogP) is 16.4. The van der Waals surface area contributed by atoms with Gasteiger partial charge in [-0.25, -0.2) is 9.97 Å². The van der Waals surface area contributed by atoms with Gasteiger partial charge in [-0.1, -0.05) is 190 Å². The normalized spacial score (nSPS) is 14.7. The fourth-order valence-corrected chi connectivity index (χ4v) is 11.5. The van der Waals surface area contributed by atoms with Crippen molar-refractivity contribution >= 4 is 0 Å². The number of hydrogen-bond acceptors (Lipinski definition) is 4. The van der Waals surface area contributed by atoms with Crippen LogP contribution in [0.15, 0.2) is 243 Å². The number of hydrogen-bond donors (Lipinski definition) is 0. The van der Waals surface area contributed by atoms with Crippen molar-refractivity contribution in [2.24, 2.45) is 0 Å². The Morgan fingerprint density at radius 2 is 0.861 bits per heavy atom. The van der Waals surface area contributed by atoms with E-state index in [1.165, 1.54) is 55.6 Å². The van der Waals surface area contributed by atoms with Gasteiger partial charge in [-0.2, -0.15) is 5.26 Å². The third-order valence-corrected chi connectivity index (χ3v) is 15.1. The second-order valence-electron chi connectivity index (χ2n) is 19.5. The van der Waals surface area contributed by atoms with E-state index >= 15 is 0 Å². The summed E-state index contributed by atoms with van der Waals surface area (Å²) >= 11 is 0. The fraction of sp³-hybridized carbons (Fsp3) is 0.0588. The number of aromatic nitrogens is 3. The monoisotopic (exact) mass is 918 g/mol. The van der Waals surface area contributed by atoms with Crippen LogP contribution in [0.4, 0.5) is 0 Å². The van der Waals surface area contributed by atoms with Crippen molar-refractivity contribution in [3.8, 4) is 95.6 Å². The first-order chi connectivity index (χ1) is 35.4. The second-order valence-corrected chi connectivity index (χ2v) is 19.5. The SMILES string of the molecule is CC1(C)c2cc(C#N)ccc2-c2ccc(-c3cc(-c4ccc5c(c4)C(c4ccccc4)(c4cccnc4)c4ccccc4-5)cc(-c4cc(-c5ccc(-c6ccccc6)cc5)nc(-c5ccccc5)n4)c3)cc21. The molecular weight excluding hydrogens is 873 g/mol. The summed E-state index contributed by atoms with van der Waals surface area (Å²) in [5.41, 5.74) is 23.1. The minimum Gasteiger partial charge on any atom is -0.264 e. The molecule has 0 fully saturated rings. The van der Waals surface area contributed by atoms with Crippen LogP contribution in [0.25, 0.3) is 89.5 Å². The third-order valence-electron chi connectivity index (χ3n) is 15.1. The van der Waals surface area contributed by atoms with Gasteiger partial charge >= 0.3 is 0 Å². The van der Waals surface area contributed by atoms with Crippen molar-refractivity contribution in [3.05, 3.63) is 282 Å². The Morgan fingerprint density at radius 3 is 1.53 bits per heavy atom. The zero-order valence-corrected chi connectivity index (χ0v) is 39.9. The van der Waals surface area contributed by atoms with Crippen LogP contribution in [0.5, 0.6) is 0 Å². The van der Waals surface area contributed by atoms with Crippen molar-refractivity contribution in [2.45, 2.75) is 24.7 Å². The summed E-state index contributed by atoms with van der Waals surface area (Å²) in [7, 11) is 0. The topological polar surface area (TPSA) is 62.5 Å². The van der Waals surface area contributed by atoms with E-state index in [9.17, 15) is 5.26 Å². The van der Waals surface area contributed by atoms with Gasteiger partial charge in [-0.3, -0.25) is 4.98 Å². The predicted molar refractivity (Wildman–Crippen MR) is 292 cm³/mol. The standard InChI is InChI=1S/C68H46N4/c1-67(2)61-35-44(42-69)24-31-57(61)58-32-29-49(39-62(58)67)51-36-52(50-30-33-59-56-22-12-13-23-60(56)68(63(59)40-50,54-19-10-5-11-20-54)55-21-14-34-70-43-55)38-53(37-51)65-41-64(71-66(72-65)48-17-8-4-9-18-48)47-27-25-46(26-28-47)45-15-6-3-7-16-45/h3-41,43H,1-2H3. The summed E-state index contributed by atoms with van der Waals surface area (Å²) < 4.78 is 0. The Bertz CT molecular complexity index is 3890. The molecule has 72 heavy (non-hydrogen) atoms. The maximum absolute atomic E-state index is 9.89. The van der Waals surface area contributed by atoms with Crippen molar-refractivity contribution in [1.82, 2.24) is 15.0 Å². The largest absolute Gasteiger partial charge is 0.264 e. The quantitative estimate of drug-likeness (QED) is 0.152. The Labute approximate surface area is 420 Å². The van der Waals surface area contributed by atoms with Crippen LogP contribution in [0.2, 0.25) is 0 Å². The van der Waals surface area contributed by atoms with E-state index in [1.54, 1.807) is 0 Å². The van der Waals surface area contributed by atoms with Crippen LogP contribution in [0.1, 0.15) is 52.8 Å². The molecule has 2 heterocycles. The second kappa shape index (κ2) is 17.0. The molecule has 0 N–H and O–H groups in total. The molecule has 1 atom stereocenters. The van der Waals surface area contributed by atoms with E-state index in [0.717, 1.165) is 61.5 Å². The van der Waals surface area contributed by atoms with E-state index in [4.69, 9.17) is 15.0 Å². The van der Waals surface area contributed by atoms with E-state index in [2.05, 4.69) is 220 Å². The molecule has 1 unspecified atom stereocenters. The molecule has 2 aliphatic carbocycles. The first kappa shape index (κ1) is 42.8. The Kier molecular flexibility index (Phi) is 10.1. The molecule has 0 amide bonds. The third kappa shape index (κ3) is 6.93. The molecule has 4 heteroatoms. The first-order valence-electron chi connectivity index (χ1n) is 24.5. The molecule has 338 valence electrons. The van der Waals surface area contributed by atoms with E-state index in [0.29, 0.717) is 11.4 Å². The van der Waals surface area contributed by atoms with Crippen LogP contribution in [-0.2, 0) is 10.8 Å². The van der Waals surface area contributed by atoms with Crippen molar-refractivity contribution in [3.63, 3.8) is 0 Å². The van der Waals surface area contributed by atoms with Crippen LogP contribution in [-0.4, -0.2) is 15.0 Å². The van der Waals surface area contributed by atoms with Gasteiger partial charge in [-0.15, -0.1) is 0 Å². The average Bonchev–Trinajstić information content (AvgIpc) is 3.88. The highest BCUT2D eigenvalue weighted by atomic mass is 14.9. The molecule has 0 radical (unpaired) electrons. The van der Waals surface area contributed by atoms with Gasteiger partial charge in [0.2, 0.25) is 0 Å². The fourth-order valence-electron chi connectivity index (χ4n) is 11.5. The van der Waals surface area contributed by atoms with Crippen LogP contribution < -0.4 is 0 Å². The molecular formula is C68H46N4. The van der Waals surface area contributed by atoms with Gasteiger partial charge in [0.05, 0.1) is 28.4 Å². The van der Waals surface area contributed by atoms with Crippen LogP contribution >= 0.6 is 0 Å². The summed E-state index contributed by atoms with van der Waals surface area (Å²) in [6, 6.07) is 84.9. The van der Waals surface area contributed by atoms with Crippen molar-refractivity contribution < 1.29 is 0 Å². The highest BCUT2D eigenvalue weighted by molar-refractivity contribution is 5.91. The van der Waals surface area contributed by atoms with Gasteiger partial charge in [0.1, 0.15) is 0 Å². The lowest BCUT2D eigenvalue weighted by Gasteiger charge is -2.33. The van der Waals surface area contributed by atoms with E-state index < -0.39 is 5.41 Å². The minimum atomic E-state index is -0.605. The van der Waals surface area contributed by atoms with Crippen molar-refractivity contribution in [1.29, 1.82) is 5.26 Å². The summed E-state index contributed by atoms with van der Waals surface area (Å²) in [4.78, 5) is 15.4. The molecule has 9 aromatic carbocycles. The minimum absolute atomic E-state index is 0.307. The summed E-state index contributed by atoms with van der Waals surface area (Å²) in [5, 5.41) is 9.89. The van der Waals surface area contributed by atoms with E-state index in [1.807, 2.05) is 42.7 Å². The number of nitrogens with zero attached hydrogens (tertiary/aromatic N) is 4. The zero-order valence-electron chi connectivity index (χ0n) is 39.9. The number of pyridine rings is 1. The van der Waals surface area contributed by atoms with Gasteiger partial charge in [-0.05, 0) is 144 Å². The Balaban J connectivity index is 1.03. The van der Waals surface area contributed by atoms with Gasteiger partial charge in [0.15, 0.2) is 5.82 Å². The highest BCUT2D eigenvalue weighted by Crippen LogP contribution is 2.57. The molecule has 0 saturated heterocycles. The first-order valence-corrected chi connectivity index (χ1v) is 24.5. The lowest BCUT2D eigenvalue weighted by atomic mass is 9.68. The average molecular weight is 919 g/mol. The van der Waals surface area contributed by atoms with Crippen molar-refractivity contribution in [2.75, 3.05) is 0 Å². The van der Waals surface area contributed by atoms with Gasteiger partial charge in [0, 0.05) is 34.5 Å². The summed E-state index contributed by atoms with van der Waals surface area (Å²) in [6.45, 7) is 4.54. The molecule has 2 aromatic heterocycles. The van der Waals surface area contributed by atoms with Gasteiger partial charge < -0.3 is 0 Å². The van der Waals surface area contributed by atoms with Crippen LogP contribution in [0, 0.1) is 11.3 Å². The molecule has 0 saturated carbocycles. The Morgan fingerprint density at radius 1 is 0.361 bits per heavy atom.